The molecular weight excluding hydrogens is 242 g/mol. The third-order valence-electron chi connectivity index (χ3n) is 2.53. The third-order valence-corrected chi connectivity index (χ3v) is 2.53. The van der Waals surface area contributed by atoms with Gasteiger partial charge < -0.3 is 10.1 Å². The molecule has 0 unspecified atom stereocenters. The second-order valence-corrected chi connectivity index (χ2v) is 3.87. The standard InChI is InChI=1S/C14H15N3O2/c1-2-19-13-10-17-16-9-12(13)14(18)15-8-11-6-4-3-5-7-11/h3-7,9-10H,2,8H2,1H3,(H,15,18). The SMILES string of the molecule is CCOc1cnncc1C(=O)NCc1ccccc1. The zero-order chi connectivity index (χ0) is 13.5. The van der Waals surface area contributed by atoms with E-state index in [0.29, 0.717) is 24.5 Å². The lowest BCUT2D eigenvalue weighted by Crippen LogP contribution is -2.23. The van der Waals surface area contributed by atoms with Crippen LogP contribution in [0.2, 0.25) is 0 Å². The Kier molecular flexibility index (Phi) is 4.44. The summed E-state index contributed by atoms with van der Waals surface area (Å²) in [6.07, 6.45) is 2.85. The number of benzene rings is 1. The van der Waals surface area contributed by atoms with Crippen molar-refractivity contribution in [3.05, 3.63) is 53.9 Å². The Hall–Kier alpha value is -2.43. The minimum Gasteiger partial charge on any atom is -0.491 e. The number of carbonyl (C=O) groups is 1. The predicted octanol–water partition coefficient (Wildman–Crippen LogP) is 1.81. The van der Waals surface area contributed by atoms with E-state index in [4.69, 9.17) is 4.74 Å². The van der Waals surface area contributed by atoms with Crippen molar-refractivity contribution in [2.75, 3.05) is 6.61 Å². The normalized spacial score (nSPS) is 9.95. The smallest absolute Gasteiger partial charge is 0.257 e. The van der Waals surface area contributed by atoms with Gasteiger partial charge in [0, 0.05) is 6.54 Å². The molecule has 0 aliphatic heterocycles. The van der Waals surface area contributed by atoms with Crippen LogP contribution in [-0.4, -0.2) is 22.7 Å². The van der Waals surface area contributed by atoms with Gasteiger partial charge in [0.25, 0.3) is 5.91 Å². The van der Waals surface area contributed by atoms with E-state index in [9.17, 15) is 4.79 Å². The van der Waals surface area contributed by atoms with Crippen LogP contribution in [0.3, 0.4) is 0 Å². The summed E-state index contributed by atoms with van der Waals surface area (Å²) >= 11 is 0. The number of nitrogens with zero attached hydrogens (tertiary/aromatic N) is 2. The Labute approximate surface area is 111 Å². The van der Waals surface area contributed by atoms with Crippen molar-refractivity contribution in [3.8, 4) is 5.75 Å². The molecule has 19 heavy (non-hydrogen) atoms. The number of hydrogen-bond donors (Lipinski definition) is 1. The monoisotopic (exact) mass is 257 g/mol. The third kappa shape index (κ3) is 3.51. The number of ether oxygens (including phenoxy) is 1. The van der Waals surface area contributed by atoms with Gasteiger partial charge in [-0.2, -0.15) is 10.2 Å². The van der Waals surface area contributed by atoms with E-state index in [1.165, 1.54) is 12.4 Å². The van der Waals surface area contributed by atoms with E-state index in [1.807, 2.05) is 37.3 Å². The summed E-state index contributed by atoms with van der Waals surface area (Å²) in [5.41, 5.74) is 1.43. The molecule has 1 heterocycles. The second-order valence-electron chi connectivity index (χ2n) is 3.87. The Bertz CT molecular complexity index is 543. The lowest BCUT2D eigenvalue weighted by Gasteiger charge is -2.09. The maximum Gasteiger partial charge on any atom is 0.257 e. The van der Waals surface area contributed by atoms with Crippen LogP contribution in [0.15, 0.2) is 42.7 Å². The summed E-state index contributed by atoms with van der Waals surface area (Å²) in [5.74, 6) is 0.227. The van der Waals surface area contributed by atoms with E-state index in [2.05, 4.69) is 15.5 Å². The molecule has 1 aromatic carbocycles. The average molecular weight is 257 g/mol. The van der Waals surface area contributed by atoms with Gasteiger partial charge in [-0.25, -0.2) is 0 Å². The minimum atomic E-state index is -0.220. The fraction of sp³-hybridized carbons (Fsp3) is 0.214. The second kappa shape index (κ2) is 6.49. The van der Waals surface area contributed by atoms with Crippen molar-refractivity contribution in [2.24, 2.45) is 0 Å². The van der Waals surface area contributed by atoms with Gasteiger partial charge >= 0.3 is 0 Å². The molecular formula is C14H15N3O2. The van der Waals surface area contributed by atoms with Crippen LogP contribution in [0.1, 0.15) is 22.8 Å². The van der Waals surface area contributed by atoms with Crippen molar-refractivity contribution >= 4 is 5.91 Å². The van der Waals surface area contributed by atoms with Gasteiger partial charge in [0.2, 0.25) is 0 Å². The van der Waals surface area contributed by atoms with Gasteiger partial charge in [0.15, 0.2) is 5.75 Å². The lowest BCUT2D eigenvalue weighted by molar-refractivity contribution is 0.0946. The van der Waals surface area contributed by atoms with Crippen molar-refractivity contribution in [1.29, 1.82) is 0 Å². The summed E-state index contributed by atoms with van der Waals surface area (Å²) in [4.78, 5) is 12.1. The zero-order valence-electron chi connectivity index (χ0n) is 10.7. The summed E-state index contributed by atoms with van der Waals surface area (Å²) in [6, 6.07) is 9.70. The van der Waals surface area contributed by atoms with Crippen molar-refractivity contribution < 1.29 is 9.53 Å². The van der Waals surface area contributed by atoms with Crippen molar-refractivity contribution in [1.82, 2.24) is 15.5 Å². The molecule has 2 rings (SSSR count). The first-order valence-electron chi connectivity index (χ1n) is 6.07. The molecule has 1 aromatic heterocycles. The quantitative estimate of drug-likeness (QED) is 0.887. The molecule has 5 heteroatoms. The van der Waals surface area contributed by atoms with Crippen LogP contribution >= 0.6 is 0 Å². The van der Waals surface area contributed by atoms with Gasteiger partial charge in [-0.15, -0.1) is 0 Å². The number of carbonyl (C=O) groups excluding carboxylic acids is 1. The van der Waals surface area contributed by atoms with Gasteiger partial charge in [0.1, 0.15) is 5.56 Å². The maximum absolute atomic E-state index is 12.1. The number of amides is 1. The Morgan fingerprint density at radius 2 is 1.95 bits per heavy atom. The highest BCUT2D eigenvalue weighted by atomic mass is 16.5. The molecule has 0 radical (unpaired) electrons. The summed E-state index contributed by atoms with van der Waals surface area (Å²) in [5, 5.41) is 10.2. The molecule has 0 fully saturated rings. The van der Waals surface area contributed by atoms with E-state index < -0.39 is 0 Å². The summed E-state index contributed by atoms with van der Waals surface area (Å²) in [6.45, 7) is 2.80. The fourth-order valence-corrected chi connectivity index (χ4v) is 1.62. The van der Waals surface area contributed by atoms with Crippen molar-refractivity contribution in [2.45, 2.75) is 13.5 Å². The van der Waals surface area contributed by atoms with Gasteiger partial charge in [0.05, 0.1) is 19.0 Å². The van der Waals surface area contributed by atoms with Gasteiger partial charge in [-0.1, -0.05) is 30.3 Å². The predicted molar refractivity (Wildman–Crippen MR) is 70.8 cm³/mol. The molecule has 0 saturated carbocycles. The van der Waals surface area contributed by atoms with E-state index >= 15 is 0 Å². The van der Waals surface area contributed by atoms with Crippen LogP contribution < -0.4 is 10.1 Å². The molecule has 1 N–H and O–H groups in total. The Morgan fingerprint density at radius 3 is 2.68 bits per heavy atom. The van der Waals surface area contributed by atoms with Gasteiger partial charge in [-0.05, 0) is 12.5 Å². The average Bonchev–Trinajstić information content (AvgIpc) is 2.47. The van der Waals surface area contributed by atoms with Crippen LogP contribution in [0.25, 0.3) is 0 Å². The summed E-state index contributed by atoms with van der Waals surface area (Å²) in [7, 11) is 0. The number of nitrogens with one attached hydrogen (secondary N) is 1. The largest absolute Gasteiger partial charge is 0.491 e. The lowest BCUT2D eigenvalue weighted by atomic mass is 10.2. The van der Waals surface area contributed by atoms with E-state index in [-0.39, 0.29) is 5.91 Å². The highest BCUT2D eigenvalue weighted by Gasteiger charge is 2.12. The first-order valence-corrected chi connectivity index (χ1v) is 6.07. The minimum absolute atomic E-state index is 0.220. The highest BCUT2D eigenvalue weighted by molar-refractivity contribution is 5.96. The Balaban J connectivity index is 2.04. The molecule has 2 aromatic rings. The van der Waals surface area contributed by atoms with Crippen molar-refractivity contribution in [3.63, 3.8) is 0 Å². The Morgan fingerprint density at radius 1 is 1.21 bits per heavy atom. The molecule has 0 aliphatic carbocycles. The zero-order valence-corrected chi connectivity index (χ0v) is 10.7. The summed E-state index contributed by atoms with van der Waals surface area (Å²) < 4.78 is 5.35. The van der Waals surface area contributed by atoms with Crippen LogP contribution in [0, 0.1) is 0 Å². The molecule has 0 spiro atoms. The molecule has 0 bridgehead atoms. The highest BCUT2D eigenvalue weighted by Crippen LogP contribution is 2.15. The molecule has 5 nitrogen and oxygen atoms in total. The van der Waals surface area contributed by atoms with E-state index in [0.717, 1.165) is 5.56 Å². The fourth-order valence-electron chi connectivity index (χ4n) is 1.62. The number of hydrogen-bond acceptors (Lipinski definition) is 4. The first-order chi connectivity index (χ1) is 9.31. The van der Waals surface area contributed by atoms with Crippen LogP contribution in [0.4, 0.5) is 0 Å². The topological polar surface area (TPSA) is 64.1 Å². The van der Waals surface area contributed by atoms with Gasteiger partial charge in [-0.3, -0.25) is 4.79 Å². The first kappa shape index (κ1) is 13.0. The van der Waals surface area contributed by atoms with E-state index in [1.54, 1.807) is 0 Å². The molecule has 0 aliphatic rings. The maximum atomic E-state index is 12.1. The number of aromatic nitrogens is 2. The molecule has 0 atom stereocenters. The number of rotatable bonds is 5. The molecule has 0 saturated heterocycles. The molecule has 1 amide bonds. The van der Waals surface area contributed by atoms with Crippen LogP contribution in [-0.2, 0) is 6.54 Å². The van der Waals surface area contributed by atoms with Crippen LogP contribution in [0.5, 0.6) is 5.75 Å². The molecule has 98 valence electrons.